The number of benzene rings is 1. The van der Waals surface area contributed by atoms with Gasteiger partial charge in [0.15, 0.2) is 0 Å². The average Bonchev–Trinajstić information content (AvgIpc) is 2.02. The van der Waals surface area contributed by atoms with Gasteiger partial charge in [-0.15, -0.1) is 0 Å². The summed E-state index contributed by atoms with van der Waals surface area (Å²) in [7, 11) is 0. The lowest BCUT2D eigenvalue weighted by atomic mass is 10.1. The average molecular weight is 257 g/mol. The summed E-state index contributed by atoms with van der Waals surface area (Å²) in [5.74, 6) is 0. The van der Waals surface area contributed by atoms with Crippen molar-refractivity contribution < 1.29 is 0 Å². The number of hydrogen-bond acceptors (Lipinski definition) is 1. The normalized spacial score (nSPS) is 10.7. The van der Waals surface area contributed by atoms with Gasteiger partial charge in [0.25, 0.3) is 0 Å². The summed E-state index contributed by atoms with van der Waals surface area (Å²) in [6, 6.07) is 7.99. The standard InChI is InChI=1S/C10H7BrClN/c1-6-4-7-5-8(11)2-3-9(7)10(12)13-6/h2-5H,1H3. The highest BCUT2D eigenvalue weighted by Crippen LogP contribution is 2.25. The van der Waals surface area contributed by atoms with E-state index < -0.39 is 0 Å². The molecule has 0 spiro atoms. The van der Waals surface area contributed by atoms with E-state index in [1.165, 1.54) is 0 Å². The first-order valence-electron chi connectivity index (χ1n) is 3.89. The van der Waals surface area contributed by atoms with Crippen molar-refractivity contribution in [2.45, 2.75) is 6.92 Å². The van der Waals surface area contributed by atoms with Gasteiger partial charge in [0, 0.05) is 15.6 Å². The van der Waals surface area contributed by atoms with Gasteiger partial charge in [-0.1, -0.05) is 33.6 Å². The van der Waals surface area contributed by atoms with E-state index in [1.54, 1.807) is 0 Å². The van der Waals surface area contributed by atoms with Gasteiger partial charge in [-0.05, 0) is 30.5 Å². The largest absolute Gasteiger partial charge is 0.241 e. The van der Waals surface area contributed by atoms with Crippen LogP contribution in [-0.4, -0.2) is 4.98 Å². The number of fused-ring (bicyclic) bond motifs is 1. The van der Waals surface area contributed by atoms with Crippen molar-refractivity contribution in [2.24, 2.45) is 0 Å². The second-order valence-corrected chi connectivity index (χ2v) is 4.19. The van der Waals surface area contributed by atoms with Gasteiger partial charge in [-0.2, -0.15) is 0 Å². The summed E-state index contributed by atoms with van der Waals surface area (Å²) in [5, 5.41) is 2.69. The molecule has 0 N–H and O–H groups in total. The zero-order chi connectivity index (χ0) is 9.42. The smallest absolute Gasteiger partial charge is 0.137 e. The Labute approximate surface area is 89.9 Å². The fourth-order valence-corrected chi connectivity index (χ4v) is 2.00. The molecule has 2 aromatic rings. The minimum Gasteiger partial charge on any atom is -0.241 e. The van der Waals surface area contributed by atoms with Crippen molar-refractivity contribution in [3.05, 3.63) is 39.6 Å². The van der Waals surface area contributed by atoms with E-state index in [0.717, 1.165) is 20.9 Å². The van der Waals surface area contributed by atoms with Crippen molar-refractivity contribution in [2.75, 3.05) is 0 Å². The number of aryl methyl sites for hydroxylation is 1. The van der Waals surface area contributed by atoms with E-state index in [2.05, 4.69) is 20.9 Å². The SMILES string of the molecule is Cc1cc2cc(Br)ccc2c(Cl)n1. The lowest BCUT2D eigenvalue weighted by Crippen LogP contribution is -1.83. The van der Waals surface area contributed by atoms with Crippen molar-refractivity contribution in [1.82, 2.24) is 4.98 Å². The molecule has 1 aromatic heterocycles. The number of nitrogens with zero attached hydrogens (tertiary/aromatic N) is 1. The maximum Gasteiger partial charge on any atom is 0.137 e. The van der Waals surface area contributed by atoms with E-state index in [1.807, 2.05) is 31.2 Å². The number of halogens is 2. The van der Waals surface area contributed by atoms with Crippen molar-refractivity contribution in [1.29, 1.82) is 0 Å². The molecule has 0 fully saturated rings. The van der Waals surface area contributed by atoms with E-state index in [0.29, 0.717) is 5.15 Å². The van der Waals surface area contributed by atoms with Crippen LogP contribution in [0.2, 0.25) is 5.15 Å². The van der Waals surface area contributed by atoms with Crippen LogP contribution >= 0.6 is 27.5 Å². The van der Waals surface area contributed by atoms with Crippen LogP contribution in [0, 0.1) is 6.92 Å². The molecule has 0 bridgehead atoms. The predicted octanol–water partition coefficient (Wildman–Crippen LogP) is 3.96. The molecule has 3 heteroatoms. The van der Waals surface area contributed by atoms with E-state index in [-0.39, 0.29) is 0 Å². The zero-order valence-electron chi connectivity index (χ0n) is 7.01. The van der Waals surface area contributed by atoms with Crippen LogP contribution in [0.5, 0.6) is 0 Å². The summed E-state index contributed by atoms with van der Waals surface area (Å²) in [5.41, 5.74) is 0.940. The first kappa shape index (κ1) is 8.97. The summed E-state index contributed by atoms with van der Waals surface area (Å²) >= 11 is 9.41. The topological polar surface area (TPSA) is 12.9 Å². The fraction of sp³-hybridized carbons (Fsp3) is 0.100. The molecule has 0 aliphatic rings. The molecule has 0 amide bonds. The van der Waals surface area contributed by atoms with Crippen LogP contribution in [0.4, 0.5) is 0 Å². The zero-order valence-corrected chi connectivity index (χ0v) is 9.35. The first-order chi connectivity index (χ1) is 6.16. The summed E-state index contributed by atoms with van der Waals surface area (Å²) < 4.78 is 1.06. The highest BCUT2D eigenvalue weighted by molar-refractivity contribution is 9.10. The fourth-order valence-electron chi connectivity index (χ4n) is 1.31. The second kappa shape index (κ2) is 3.28. The molecule has 0 radical (unpaired) electrons. The number of aromatic nitrogens is 1. The Kier molecular flexibility index (Phi) is 2.26. The molecule has 0 aliphatic heterocycles. The summed E-state index contributed by atoms with van der Waals surface area (Å²) in [6.07, 6.45) is 0. The maximum absolute atomic E-state index is 5.99. The molecule has 0 unspecified atom stereocenters. The molecule has 1 aromatic carbocycles. The highest BCUT2D eigenvalue weighted by atomic mass is 79.9. The van der Waals surface area contributed by atoms with Gasteiger partial charge in [0.1, 0.15) is 5.15 Å². The Morgan fingerprint density at radius 2 is 2.08 bits per heavy atom. The van der Waals surface area contributed by atoms with E-state index in [4.69, 9.17) is 11.6 Å². The second-order valence-electron chi connectivity index (χ2n) is 2.92. The number of pyridine rings is 1. The molecule has 13 heavy (non-hydrogen) atoms. The summed E-state index contributed by atoms with van der Waals surface area (Å²) in [4.78, 5) is 4.18. The molecular formula is C10H7BrClN. The van der Waals surface area contributed by atoms with E-state index >= 15 is 0 Å². The van der Waals surface area contributed by atoms with Gasteiger partial charge in [-0.3, -0.25) is 0 Å². The molecule has 66 valence electrons. The van der Waals surface area contributed by atoms with Crippen LogP contribution < -0.4 is 0 Å². The lowest BCUT2D eigenvalue weighted by molar-refractivity contribution is 1.22. The first-order valence-corrected chi connectivity index (χ1v) is 5.06. The maximum atomic E-state index is 5.99. The van der Waals surface area contributed by atoms with Crippen LogP contribution in [-0.2, 0) is 0 Å². The molecule has 0 aliphatic carbocycles. The van der Waals surface area contributed by atoms with Gasteiger partial charge < -0.3 is 0 Å². The number of rotatable bonds is 0. The third kappa shape index (κ3) is 1.69. The molecule has 0 atom stereocenters. The third-order valence-electron chi connectivity index (χ3n) is 1.87. The minimum absolute atomic E-state index is 0.572. The van der Waals surface area contributed by atoms with Gasteiger partial charge >= 0.3 is 0 Å². The van der Waals surface area contributed by atoms with Crippen LogP contribution in [0.1, 0.15) is 5.69 Å². The van der Waals surface area contributed by atoms with Gasteiger partial charge in [0.2, 0.25) is 0 Å². The highest BCUT2D eigenvalue weighted by Gasteiger charge is 2.01. The molecule has 2 rings (SSSR count). The van der Waals surface area contributed by atoms with Gasteiger partial charge in [-0.25, -0.2) is 4.98 Å². The Bertz CT molecular complexity index is 462. The Balaban J connectivity index is 2.86. The Hall–Kier alpha value is -0.600. The molecular weight excluding hydrogens is 249 g/mol. The Morgan fingerprint density at radius 1 is 1.31 bits per heavy atom. The molecule has 1 heterocycles. The minimum atomic E-state index is 0.572. The Morgan fingerprint density at radius 3 is 2.85 bits per heavy atom. The molecule has 0 saturated heterocycles. The van der Waals surface area contributed by atoms with E-state index in [9.17, 15) is 0 Å². The lowest BCUT2D eigenvalue weighted by Gasteiger charge is -2.01. The van der Waals surface area contributed by atoms with Crippen LogP contribution in [0.15, 0.2) is 28.7 Å². The van der Waals surface area contributed by atoms with Crippen LogP contribution in [0.25, 0.3) is 10.8 Å². The predicted molar refractivity (Wildman–Crippen MR) is 59.2 cm³/mol. The van der Waals surface area contributed by atoms with Crippen molar-refractivity contribution in [3.8, 4) is 0 Å². The monoisotopic (exact) mass is 255 g/mol. The molecule has 1 nitrogen and oxygen atoms in total. The molecule has 0 saturated carbocycles. The quantitative estimate of drug-likeness (QED) is 0.650. The summed E-state index contributed by atoms with van der Waals surface area (Å²) in [6.45, 7) is 1.94. The van der Waals surface area contributed by atoms with Crippen LogP contribution in [0.3, 0.4) is 0 Å². The van der Waals surface area contributed by atoms with Crippen molar-refractivity contribution in [3.63, 3.8) is 0 Å². The van der Waals surface area contributed by atoms with Gasteiger partial charge in [0.05, 0.1) is 0 Å². The number of hydrogen-bond donors (Lipinski definition) is 0. The van der Waals surface area contributed by atoms with Crippen molar-refractivity contribution >= 4 is 38.3 Å². The third-order valence-corrected chi connectivity index (χ3v) is 2.66.